The lowest BCUT2D eigenvalue weighted by molar-refractivity contribution is -0.130. The van der Waals surface area contributed by atoms with Gasteiger partial charge in [-0.1, -0.05) is 0 Å². The van der Waals surface area contributed by atoms with Crippen LogP contribution in [0.25, 0.3) is 10.7 Å². The number of nitrogens with zero attached hydrogens (tertiary/aromatic N) is 4. The van der Waals surface area contributed by atoms with Crippen molar-refractivity contribution in [2.75, 3.05) is 13.1 Å². The maximum Gasteiger partial charge on any atom is 0.219 e. The predicted molar refractivity (Wildman–Crippen MR) is 81.8 cm³/mol. The van der Waals surface area contributed by atoms with E-state index in [-0.39, 0.29) is 5.91 Å². The van der Waals surface area contributed by atoms with Gasteiger partial charge in [-0.15, -0.1) is 11.3 Å². The molecule has 0 spiro atoms. The normalized spacial score (nSPS) is 16.1. The van der Waals surface area contributed by atoms with E-state index in [1.807, 2.05) is 16.3 Å². The van der Waals surface area contributed by atoms with Gasteiger partial charge in [-0.2, -0.15) is 0 Å². The van der Waals surface area contributed by atoms with E-state index in [1.54, 1.807) is 30.8 Å². The topological polar surface area (TPSA) is 59.0 Å². The summed E-state index contributed by atoms with van der Waals surface area (Å²) >= 11 is 1.59. The maximum atomic E-state index is 11.3. The van der Waals surface area contributed by atoms with Crippen LogP contribution in [-0.4, -0.2) is 38.8 Å². The zero-order valence-electron chi connectivity index (χ0n) is 12.0. The Morgan fingerprint density at radius 1 is 1.33 bits per heavy atom. The summed E-state index contributed by atoms with van der Waals surface area (Å²) in [4.78, 5) is 26.2. The smallest absolute Gasteiger partial charge is 0.219 e. The number of likely N-dealkylation sites (tertiary alicyclic amines) is 1. The first-order chi connectivity index (χ1) is 10.2. The minimum Gasteiger partial charge on any atom is -0.343 e. The van der Waals surface area contributed by atoms with Gasteiger partial charge in [0.25, 0.3) is 0 Å². The Kier molecular flexibility index (Phi) is 4.24. The molecule has 0 saturated carbocycles. The summed E-state index contributed by atoms with van der Waals surface area (Å²) in [5, 5.41) is 2.89. The first kappa shape index (κ1) is 14.1. The minimum absolute atomic E-state index is 0.182. The summed E-state index contributed by atoms with van der Waals surface area (Å²) in [6, 6.07) is 2.04. The van der Waals surface area contributed by atoms with E-state index in [9.17, 15) is 4.79 Å². The number of rotatable bonds is 3. The summed E-state index contributed by atoms with van der Waals surface area (Å²) in [5.74, 6) is 0.779. The van der Waals surface area contributed by atoms with Crippen molar-refractivity contribution in [2.45, 2.75) is 26.2 Å². The third-order valence-corrected chi connectivity index (χ3v) is 4.73. The van der Waals surface area contributed by atoms with Crippen LogP contribution in [0.5, 0.6) is 0 Å². The van der Waals surface area contributed by atoms with E-state index < -0.39 is 0 Å². The molecule has 1 amide bonds. The molecule has 1 fully saturated rings. The molecule has 1 aliphatic heterocycles. The maximum absolute atomic E-state index is 11.3. The summed E-state index contributed by atoms with van der Waals surface area (Å²) in [7, 11) is 0. The van der Waals surface area contributed by atoms with Crippen LogP contribution in [0.3, 0.4) is 0 Å². The second kappa shape index (κ2) is 6.30. The van der Waals surface area contributed by atoms with Crippen molar-refractivity contribution in [3.63, 3.8) is 0 Å². The highest BCUT2D eigenvalue weighted by Crippen LogP contribution is 2.23. The second-order valence-corrected chi connectivity index (χ2v) is 6.28. The van der Waals surface area contributed by atoms with Gasteiger partial charge in [-0.25, -0.2) is 15.0 Å². The number of thiazole rings is 1. The molecule has 0 aromatic carbocycles. The summed E-state index contributed by atoms with van der Waals surface area (Å²) < 4.78 is 0. The van der Waals surface area contributed by atoms with Crippen molar-refractivity contribution in [3.8, 4) is 10.7 Å². The summed E-state index contributed by atoms with van der Waals surface area (Å²) in [5.41, 5.74) is 1.97. The molecule has 21 heavy (non-hydrogen) atoms. The van der Waals surface area contributed by atoms with E-state index in [0.717, 1.165) is 48.7 Å². The predicted octanol–water partition coefficient (Wildman–Crippen LogP) is 2.40. The molecule has 0 atom stereocenters. The highest BCUT2D eigenvalue weighted by molar-refractivity contribution is 7.13. The third-order valence-electron chi connectivity index (χ3n) is 3.93. The second-order valence-electron chi connectivity index (χ2n) is 5.39. The Labute approximate surface area is 128 Å². The van der Waals surface area contributed by atoms with Crippen molar-refractivity contribution >= 4 is 17.2 Å². The standard InChI is InChI=1S/C15H18N4OS/c1-11(20)19-5-2-12(3-6-19)8-13-9-14(18-10-17-13)15-16-4-7-21-15/h4,7,9-10,12H,2-3,5-6,8H2,1H3. The zero-order valence-corrected chi connectivity index (χ0v) is 12.8. The van der Waals surface area contributed by atoms with Gasteiger partial charge in [-0.05, 0) is 31.2 Å². The molecule has 0 unspecified atom stereocenters. The van der Waals surface area contributed by atoms with Crippen LogP contribution in [-0.2, 0) is 11.2 Å². The molecule has 1 saturated heterocycles. The fourth-order valence-electron chi connectivity index (χ4n) is 2.72. The average Bonchev–Trinajstić information content (AvgIpc) is 3.02. The van der Waals surface area contributed by atoms with Gasteiger partial charge >= 0.3 is 0 Å². The molecule has 6 heteroatoms. The van der Waals surface area contributed by atoms with Gasteiger partial charge in [0.05, 0.1) is 0 Å². The van der Waals surface area contributed by atoms with Crippen LogP contribution in [0.1, 0.15) is 25.5 Å². The van der Waals surface area contributed by atoms with Gasteiger partial charge in [0.2, 0.25) is 5.91 Å². The van der Waals surface area contributed by atoms with Gasteiger partial charge < -0.3 is 4.90 Å². The molecule has 3 rings (SSSR count). The number of aromatic nitrogens is 3. The Bertz CT molecular complexity index is 606. The van der Waals surface area contributed by atoms with E-state index in [1.165, 1.54) is 0 Å². The van der Waals surface area contributed by atoms with Crippen molar-refractivity contribution in [1.29, 1.82) is 0 Å². The van der Waals surface area contributed by atoms with Crippen LogP contribution < -0.4 is 0 Å². The van der Waals surface area contributed by atoms with Crippen molar-refractivity contribution in [2.24, 2.45) is 5.92 Å². The molecular weight excluding hydrogens is 284 g/mol. The molecule has 3 heterocycles. The van der Waals surface area contributed by atoms with Gasteiger partial charge in [0, 0.05) is 37.3 Å². The lowest BCUT2D eigenvalue weighted by Gasteiger charge is -2.31. The van der Waals surface area contributed by atoms with Crippen molar-refractivity contribution in [3.05, 3.63) is 29.7 Å². The number of hydrogen-bond acceptors (Lipinski definition) is 5. The first-order valence-corrected chi connectivity index (χ1v) is 8.06. The van der Waals surface area contributed by atoms with Gasteiger partial charge in [0.1, 0.15) is 17.0 Å². The van der Waals surface area contributed by atoms with Crippen LogP contribution >= 0.6 is 11.3 Å². The lowest BCUT2D eigenvalue weighted by Crippen LogP contribution is -2.37. The number of piperidine rings is 1. The highest BCUT2D eigenvalue weighted by atomic mass is 32.1. The van der Waals surface area contributed by atoms with Crippen LogP contribution in [0.15, 0.2) is 24.0 Å². The fourth-order valence-corrected chi connectivity index (χ4v) is 3.33. The van der Waals surface area contributed by atoms with E-state index in [2.05, 4.69) is 15.0 Å². The van der Waals surface area contributed by atoms with Crippen LogP contribution in [0, 0.1) is 5.92 Å². The molecule has 2 aromatic rings. The number of carbonyl (C=O) groups is 1. The number of amides is 1. The van der Waals surface area contributed by atoms with E-state index >= 15 is 0 Å². The average molecular weight is 302 g/mol. The fraction of sp³-hybridized carbons (Fsp3) is 0.467. The molecule has 0 aliphatic carbocycles. The minimum atomic E-state index is 0.182. The van der Waals surface area contributed by atoms with E-state index in [0.29, 0.717) is 5.92 Å². The van der Waals surface area contributed by atoms with Crippen molar-refractivity contribution in [1.82, 2.24) is 19.9 Å². The highest BCUT2D eigenvalue weighted by Gasteiger charge is 2.21. The van der Waals surface area contributed by atoms with Crippen LogP contribution in [0.2, 0.25) is 0 Å². The monoisotopic (exact) mass is 302 g/mol. The van der Waals surface area contributed by atoms with E-state index in [4.69, 9.17) is 0 Å². The zero-order chi connectivity index (χ0) is 14.7. The SMILES string of the molecule is CC(=O)N1CCC(Cc2cc(-c3nccs3)ncn2)CC1. The molecule has 1 aliphatic rings. The van der Waals surface area contributed by atoms with Crippen molar-refractivity contribution < 1.29 is 4.79 Å². The Balaban J connectivity index is 1.64. The molecule has 0 bridgehead atoms. The lowest BCUT2D eigenvalue weighted by atomic mass is 9.92. The largest absolute Gasteiger partial charge is 0.343 e. The Morgan fingerprint density at radius 2 is 2.14 bits per heavy atom. The number of carbonyl (C=O) groups excluding carboxylic acids is 1. The molecule has 0 radical (unpaired) electrons. The van der Waals surface area contributed by atoms with Gasteiger partial charge in [-0.3, -0.25) is 4.79 Å². The molecule has 5 nitrogen and oxygen atoms in total. The Hall–Kier alpha value is -1.82. The molecule has 0 N–H and O–H groups in total. The summed E-state index contributed by atoms with van der Waals surface area (Å²) in [6.45, 7) is 3.37. The molecular formula is C15H18N4OS. The van der Waals surface area contributed by atoms with Gasteiger partial charge in [0.15, 0.2) is 0 Å². The molecule has 2 aromatic heterocycles. The first-order valence-electron chi connectivity index (χ1n) is 7.18. The quantitative estimate of drug-likeness (QED) is 0.873. The van der Waals surface area contributed by atoms with Crippen LogP contribution in [0.4, 0.5) is 0 Å². The number of hydrogen-bond donors (Lipinski definition) is 0. The molecule has 110 valence electrons. The Morgan fingerprint density at radius 3 is 2.81 bits per heavy atom. The third kappa shape index (κ3) is 3.44. The summed E-state index contributed by atoms with van der Waals surface area (Å²) in [6.07, 6.45) is 6.47.